The van der Waals surface area contributed by atoms with Crippen LogP contribution >= 0.6 is 0 Å². The number of allylic oxidation sites excluding steroid dienone is 1. The lowest BCUT2D eigenvalue weighted by Crippen LogP contribution is -2.48. The number of piperidine rings is 1. The summed E-state index contributed by atoms with van der Waals surface area (Å²) >= 11 is 0. The quantitative estimate of drug-likeness (QED) is 0.805. The summed E-state index contributed by atoms with van der Waals surface area (Å²) in [5.74, 6) is -1.26. The average molecular weight is 268 g/mol. The topological polar surface area (TPSA) is 78.9 Å². The Kier molecular flexibility index (Phi) is 4.65. The molecular weight excluding hydrogens is 248 g/mol. The minimum absolute atomic E-state index is 0.0222. The van der Waals surface area contributed by atoms with Gasteiger partial charge in [0.05, 0.1) is 18.7 Å². The summed E-state index contributed by atoms with van der Waals surface area (Å²) in [6.07, 6.45) is 6.90. The van der Waals surface area contributed by atoms with E-state index in [9.17, 15) is 9.59 Å². The Morgan fingerprint density at radius 2 is 2.26 bits per heavy atom. The fourth-order valence-corrected chi connectivity index (χ4v) is 2.41. The van der Waals surface area contributed by atoms with Crippen molar-refractivity contribution in [1.29, 1.82) is 0 Å². The minimum atomic E-state index is -0.821. The standard InChI is InChI=1S/C13H20N2O4/c16-12(17)10-4-3-6-15(9-10)13(18)14-8-11-5-1-2-7-19-11/h2,7,10-11H,1,3-6,8-9H2,(H,14,18)(H,16,17). The lowest BCUT2D eigenvalue weighted by molar-refractivity contribution is -0.143. The summed E-state index contributed by atoms with van der Waals surface area (Å²) in [5.41, 5.74) is 0. The van der Waals surface area contributed by atoms with Gasteiger partial charge in [0, 0.05) is 13.1 Å². The van der Waals surface area contributed by atoms with Gasteiger partial charge in [-0.25, -0.2) is 4.79 Å². The molecule has 6 nitrogen and oxygen atoms in total. The molecule has 2 atom stereocenters. The molecule has 106 valence electrons. The van der Waals surface area contributed by atoms with Crippen LogP contribution in [0.5, 0.6) is 0 Å². The zero-order chi connectivity index (χ0) is 13.7. The number of rotatable bonds is 3. The Balaban J connectivity index is 1.76. The third-order valence-electron chi connectivity index (χ3n) is 3.56. The normalized spacial score (nSPS) is 26.6. The lowest BCUT2D eigenvalue weighted by atomic mass is 9.99. The Morgan fingerprint density at radius 3 is 2.95 bits per heavy atom. The van der Waals surface area contributed by atoms with Gasteiger partial charge in [-0.15, -0.1) is 0 Å². The third-order valence-corrected chi connectivity index (χ3v) is 3.56. The van der Waals surface area contributed by atoms with Crippen LogP contribution in [-0.4, -0.2) is 47.7 Å². The second-order valence-corrected chi connectivity index (χ2v) is 5.02. The molecule has 0 aliphatic carbocycles. The number of amides is 2. The predicted octanol–water partition coefficient (Wildman–Crippen LogP) is 1.19. The molecule has 0 aromatic heterocycles. The lowest BCUT2D eigenvalue weighted by Gasteiger charge is -2.31. The molecule has 2 aliphatic heterocycles. The highest BCUT2D eigenvalue weighted by Crippen LogP contribution is 2.16. The van der Waals surface area contributed by atoms with Crippen LogP contribution in [0.2, 0.25) is 0 Å². The number of aliphatic carboxylic acids is 1. The van der Waals surface area contributed by atoms with Crippen LogP contribution in [-0.2, 0) is 9.53 Å². The second-order valence-electron chi connectivity index (χ2n) is 5.02. The minimum Gasteiger partial charge on any atom is -0.497 e. The van der Waals surface area contributed by atoms with Crippen LogP contribution in [0.1, 0.15) is 25.7 Å². The molecule has 1 fully saturated rings. The molecule has 1 saturated heterocycles. The number of carboxylic acid groups (broad SMARTS) is 1. The van der Waals surface area contributed by atoms with Crippen molar-refractivity contribution < 1.29 is 19.4 Å². The second kappa shape index (κ2) is 6.45. The number of carbonyl (C=O) groups excluding carboxylic acids is 1. The zero-order valence-corrected chi connectivity index (χ0v) is 10.9. The number of nitrogens with one attached hydrogen (secondary N) is 1. The number of nitrogens with zero attached hydrogens (tertiary/aromatic N) is 1. The number of carboxylic acids is 1. The predicted molar refractivity (Wildman–Crippen MR) is 68.6 cm³/mol. The molecule has 2 rings (SSSR count). The highest BCUT2D eigenvalue weighted by molar-refractivity contribution is 5.76. The Morgan fingerprint density at radius 1 is 1.42 bits per heavy atom. The third kappa shape index (κ3) is 3.87. The summed E-state index contributed by atoms with van der Waals surface area (Å²) < 4.78 is 5.37. The number of ether oxygens (including phenoxy) is 1. The van der Waals surface area contributed by atoms with Gasteiger partial charge in [-0.3, -0.25) is 4.79 Å². The van der Waals surface area contributed by atoms with E-state index in [4.69, 9.17) is 9.84 Å². The first-order chi connectivity index (χ1) is 9.16. The van der Waals surface area contributed by atoms with Gasteiger partial charge in [0.25, 0.3) is 0 Å². The van der Waals surface area contributed by atoms with Crippen molar-refractivity contribution in [2.24, 2.45) is 5.92 Å². The van der Waals surface area contributed by atoms with Crippen LogP contribution in [0.3, 0.4) is 0 Å². The van der Waals surface area contributed by atoms with Gasteiger partial charge in [0.2, 0.25) is 0 Å². The van der Waals surface area contributed by atoms with Crippen molar-refractivity contribution in [2.75, 3.05) is 19.6 Å². The van der Waals surface area contributed by atoms with Gasteiger partial charge >= 0.3 is 12.0 Å². The van der Waals surface area contributed by atoms with Crippen LogP contribution in [0, 0.1) is 5.92 Å². The Bertz CT molecular complexity index is 370. The molecule has 2 N–H and O–H groups in total. The number of hydrogen-bond donors (Lipinski definition) is 2. The first kappa shape index (κ1) is 13.7. The number of likely N-dealkylation sites (tertiary alicyclic amines) is 1. The largest absolute Gasteiger partial charge is 0.497 e. The molecule has 0 spiro atoms. The van der Waals surface area contributed by atoms with Crippen molar-refractivity contribution in [3.05, 3.63) is 12.3 Å². The van der Waals surface area contributed by atoms with Crippen LogP contribution < -0.4 is 5.32 Å². The van der Waals surface area contributed by atoms with Gasteiger partial charge < -0.3 is 20.1 Å². The van der Waals surface area contributed by atoms with Crippen molar-refractivity contribution in [2.45, 2.75) is 31.8 Å². The molecule has 0 bridgehead atoms. The van der Waals surface area contributed by atoms with Gasteiger partial charge in [0.15, 0.2) is 0 Å². The number of urea groups is 1. The monoisotopic (exact) mass is 268 g/mol. The summed E-state index contributed by atoms with van der Waals surface area (Å²) in [6, 6.07) is -0.191. The van der Waals surface area contributed by atoms with E-state index in [-0.39, 0.29) is 12.1 Å². The highest BCUT2D eigenvalue weighted by atomic mass is 16.5. The van der Waals surface area contributed by atoms with Gasteiger partial charge in [-0.05, 0) is 31.8 Å². The fourth-order valence-electron chi connectivity index (χ4n) is 2.41. The van der Waals surface area contributed by atoms with Crippen molar-refractivity contribution in [1.82, 2.24) is 10.2 Å². The summed E-state index contributed by atoms with van der Waals surface area (Å²) in [6.45, 7) is 1.39. The molecule has 19 heavy (non-hydrogen) atoms. The SMILES string of the molecule is O=C(O)C1CCCN(C(=O)NCC2CCC=CO2)C1. The van der Waals surface area contributed by atoms with Gasteiger partial charge in [0.1, 0.15) is 6.10 Å². The van der Waals surface area contributed by atoms with Crippen molar-refractivity contribution in [3.8, 4) is 0 Å². The van der Waals surface area contributed by atoms with E-state index in [0.717, 1.165) is 19.3 Å². The smallest absolute Gasteiger partial charge is 0.317 e. The first-order valence-electron chi connectivity index (χ1n) is 6.73. The molecule has 2 heterocycles. The van der Waals surface area contributed by atoms with Gasteiger partial charge in [-0.1, -0.05) is 0 Å². The molecule has 2 amide bonds. The average Bonchev–Trinajstić information content (AvgIpc) is 2.46. The van der Waals surface area contributed by atoms with Gasteiger partial charge in [-0.2, -0.15) is 0 Å². The molecule has 0 aromatic rings. The molecule has 2 aliphatic rings. The molecule has 6 heteroatoms. The highest BCUT2D eigenvalue weighted by Gasteiger charge is 2.28. The van der Waals surface area contributed by atoms with E-state index < -0.39 is 11.9 Å². The van der Waals surface area contributed by atoms with E-state index in [0.29, 0.717) is 26.1 Å². The molecule has 2 unspecified atom stereocenters. The van der Waals surface area contributed by atoms with Crippen LogP contribution in [0.4, 0.5) is 4.79 Å². The summed E-state index contributed by atoms with van der Waals surface area (Å²) in [4.78, 5) is 24.5. The van der Waals surface area contributed by atoms with Crippen molar-refractivity contribution >= 4 is 12.0 Å². The first-order valence-corrected chi connectivity index (χ1v) is 6.73. The maximum atomic E-state index is 12.0. The van der Waals surface area contributed by atoms with Crippen molar-refractivity contribution in [3.63, 3.8) is 0 Å². The Hall–Kier alpha value is -1.72. The molecule has 0 saturated carbocycles. The molecular formula is C13H20N2O4. The van der Waals surface area contributed by atoms with E-state index in [1.165, 1.54) is 0 Å². The Labute approximate surface area is 112 Å². The summed E-state index contributed by atoms with van der Waals surface area (Å²) in [5, 5.41) is 11.8. The van der Waals surface area contributed by atoms with Crippen LogP contribution in [0.15, 0.2) is 12.3 Å². The van der Waals surface area contributed by atoms with E-state index in [2.05, 4.69) is 5.32 Å². The van der Waals surface area contributed by atoms with E-state index in [1.807, 2.05) is 6.08 Å². The number of hydrogen-bond acceptors (Lipinski definition) is 3. The summed E-state index contributed by atoms with van der Waals surface area (Å²) in [7, 11) is 0. The van der Waals surface area contributed by atoms with Crippen LogP contribution in [0.25, 0.3) is 0 Å². The molecule has 0 radical (unpaired) electrons. The van der Waals surface area contributed by atoms with E-state index >= 15 is 0 Å². The zero-order valence-electron chi connectivity index (χ0n) is 10.9. The fraction of sp³-hybridized carbons (Fsp3) is 0.692. The maximum absolute atomic E-state index is 12.0. The number of carbonyl (C=O) groups is 2. The van der Waals surface area contributed by atoms with E-state index in [1.54, 1.807) is 11.2 Å². The molecule has 0 aromatic carbocycles. The maximum Gasteiger partial charge on any atom is 0.317 e.